The number of carbonyl (C=O) groups is 4. The van der Waals surface area contributed by atoms with Crippen LogP contribution in [0.4, 0.5) is 74.7 Å². The molecule has 6 aromatic carbocycles. The molecule has 0 radical (unpaired) electrons. The van der Waals surface area contributed by atoms with Crippen LogP contribution in [0.3, 0.4) is 0 Å². The number of amides is 3. The Morgan fingerprint density at radius 3 is 1.46 bits per heavy atom. The van der Waals surface area contributed by atoms with Gasteiger partial charge in [0, 0.05) is 146 Å². The van der Waals surface area contributed by atoms with E-state index in [9.17, 15) is 14.4 Å². The number of hydrogen-bond acceptors (Lipinski definition) is 17. The van der Waals surface area contributed by atoms with Gasteiger partial charge in [-0.15, -0.1) is 0 Å². The van der Waals surface area contributed by atoms with Gasteiger partial charge in [-0.2, -0.15) is 9.97 Å². The van der Waals surface area contributed by atoms with Gasteiger partial charge in [0.15, 0.2) is 0 Å². The molecule has 6 heterocycles. The van der Waals surface area contributed by atoms with Crippen LogP contribution in [0.15, 0.2) is 164 Å². The molecule has 9 N–H and O–H groups in total. The number of rotatable bonds is 12. The number of aliphatic carboxylic acids is 1. The average molecular weight is 1340 g/mol. The highest BCUT2D eigenvalue weighted by Crippen LogP contribution is 2.32. The number of aromatic nitrogens is 6. The molecule has 23 heteroatoms. The monoisotopic (exact) mass is 1340 g/mol. The molecule has 21 nitrogen and oxygen atoms in total. The Kier molecular flexibility index (Phi) is 29.3. The molecule has 3 amide bonds. The van der Waals surface area contributed by atoms with Crippen LogP contribution in [0, 0.1) is 20.8 Å². The molecule has 96 heavy (non-hydrogen) atoms. The molecule has 12 rings (SSSR count). The number of nitrogens with one attached hydrogen (secondary N) is 6. The van der Waals surface area contributed by atoms with Crippen LogP contribution in [0.1, 0.15) is 94.2 Å². The summed E-state index contributed by atoms with van der Waals surface area (Å²) in [6.45, 7) is 19.2. The van der Waals surface area contributed by atoms with Crippen molar-refractivity contribution in [3.05, 3.63) is 208 Å². The zero-order valence-corrected chi connectivity index (χ0v) is 58.1. The van der Waals surface area contributed by atoms with Crippen LogP contribution in [0.2, 0.25) is 10.4 Å². The topological polar surface area (TPSA) is 274 Å². The number of para-hydroxylation sites is 3. The molecule has 0 spiro atoms. The van der Waals surface area contributed by atoms with Crippen LogP contribution in [-0.4, -0.2) is 103 Å². The highest BCUT2D eigenvalue weighted by atomic mass is 35.5. The third kappa shape index (κ3) is 24.0. The maximum Gasteiger partial charge on any atom is 0.300 e. The molecular formula is C73H88Cl2N16O5. The fourth-order valence-electron chi connectivity index (χ4n) is 10.0. The molecule has 0 aliphatic carbocycles. The van der Waals surface area contributed by atoms with Crippen molar-refractivity contribution < 1.29 is 24.3 Å². The molecule has 9 aromatic rings. The Morgan fingerprint density at radius 1 is 0.562 bits per heavy atom. The van der Waals surface area contributed by atoms with Crippen LogP contribution in [0.25, 0.3) is 0 Å². The lowest BCUT2D eigenvalue weighted by Crippen LogP contribution is -2.36. The van der Waals surface area contributed by atoms with Gasteiger partial charge in [-0.05, 0) is 194 Å². The van der Waals surface area contributed by atoms with Gasteiger partial charge >= 0.3 is 0 Å². The van der Waals surface area contributed by atoms with Crippen LogP contribution in [0.5, 0.6) is 0 Å². The van der Waals surface area contributed by atoms with Crippen LogP contribution < -0.4 is 47.4 Å². The van der Waals surface area contributed by atoms with E-state index in [1.165, 1.54) is 0 Å². The fourth-order valence-corrected chi connectivity index (χ4v) is 10.3. The Hall–Kier alpha value is -10.2. The summed E-state index contributed by atoms with van der Waals surface area (Å²) in [5.41, 5.74) is 20.3. The van der Waals surface area contributed by atoms with E-state index in [-0.39, 0.29) is 23.0 Å². The van der Waals surface area contributed by atoms with E-state index in [0.29, 0.717) is 48.4 Å². The highest BCUT2D eigenvalue weighted by molar-refractivity contribution is 6.32. The summed E-state index contributed by atoms with van der Waals surface area (Å²) in [6.07, 6.45) is 9.12. The van der Waals surface area contributed by atoms with Gasteiger partial charge in [0.2, 0.25) is 34.9 Å². The summed E-state index contributed by atoms with van der Waals surface area (Å²) in [5.74, 6) is 2.18. The number of carbonyl (C=O) groups excluding carboxylic acids is 3. The van der Waals surface area contributed by atoms with E-state index in [2.05, 4.69) is 97.4 Å². The zero-order valence-electron chi connectivity index (χ0n) is 56.6. The molecule has 504 valence electrons. The summed E-state index contributed by atoms with van der Waals surface area (Å²) < 4.78 is 0. The number of fused-ring (bicyclic) bond motifs is 3. The van der Waals surface area contributed by atoms with Crippen molar-refractivity contribution >= 4 is 122 Å². The predicted octanol–water partition coefficient (Wildman–Crippen LogP) is 15.6. The second-order valence-corrected chi connectivity index (χ2v) is 23.7. The minimum absolute atomic E-state index is 0.0682. The molecule has 0 fully saturated rings. The molecule has 3 aliphatic rings. The molecule has 0 saturated carbocycles. The summed E-state index contributed by atoms with van der Waals surface area (Å²) in [6, 6.07) is 49.0. The minimum Gasteiger partial charge on any atom is -0.481 e. The summed E-state index contributed by atoms with van der Waals surface area (Å²) in [5, 5.41) is 26.3. The maximum atomic E-state index is 11.5. The number of carboxylic acid groups (broad SMARTS) is 1. The summed E-state index contributed by atoms with van der Waals surface area (Å²) in [7, 11) is 5.86. The number of benzene rings is 6. The van der Waals surface area contributed by atoms with Gasteiger partial charge in [0.25, 0.3) is 5.97 Å². The lowest BCUT2D eigenvalue weighted by Gasteiger charge is -2.28. The first-order chi connectivity index (χ1) is 45.9. The van der Waals surface area contributed by atoms with Gasteiger partial charge in [-0.3, -0.25) is 24.1 Å². The van der Waals surface area contributed by atoms with E-state index >= 15 is 0 Å². The molecule has 3 aliphatic heterocycles. The number of aryl methyl sites for hydroxylation is 6. The van der Waals surface area contributed by atoms with Crippen molar-refractivity contribution in [2.45, 2.75) is 113 Å². The first-order valence-electron chi connectivity index (χ1n) is 31.6. The average Bonchev–Trinajstić information content (AvgIpc) is 0.926. The minimum atomic E-state index is -0.833. The van der Waals surface area contributed by atoms with Crippen molar-refractivity contribution in [3.8, 4) is 0 Å². The maximum absolute atomic E-state index is 11.5. The fraction of sp³-hybridized carbons (Fsp3) is 0.288. The normalized spacial score (nSPS) is 12.2. The standard InChI is InChI=1S/2C21H21N5O.C9H10N2O.C8H19N.C7H9N.C5H4Cl2N2.C2H4O2/c1-14-13-22-21(25-20(14)26(2)17-6-4-3-5-7-17)23-16-9-10-18-15(12-16)8-11-19(27)24-18;1-14-13-22-21(26(2)17-6-4-3-5-7-17)25-20(14)23-16-9-10-18-15(12-16)8-11-19(27)24-18;10-7-2-3-8-6(5-7)1-4-9(12)11-8;1-6-9(7(2)3)8(4)5;1-8-7-5-3-2-4-6-7;1-3-2-8-5(7)9-4(3)6;1-2(3)4/h2*3-7,9-10,12-13H,8,11H2,1-2H3,(H,24,27)(H,22,23,25);2-3,5H,1,4,10H2,(H,11,12);7-8H,6H2,1-5H3;2-6,8H,1H3;2H,1H3;1H3,(H,3,4). The first-order valence-corrected chi connectivity index (χ1v) is 32.3. The van der Waals surface area contributed by atoms with Crippen LogP contribution in [-0.2, 0) is 38.4 Å². The van der Waals surface area contributed by atoms with E-state index in [1.807, 2.05) is 198 Å². The molecule has 0 saturated heterocycles. The quantitative estimate of drug-likeness (QED) is 0.0321. The number of carboxylic acids is 1. The Balaban J connectivity index is 0.000000194. The van der Waals surface area contributed by atoms with Crippen molar-refractivity contribution in [2.24, 2.45) is 0 Å². The number of nitrogen functional groups attached to an aromatic ring is 1. The molecular weight excluding hydrogens is 1250 g/mol. The predicted molar refractivity (Wildman–Crippen MR) is 392 cm³/mol. The van der Waals surface area contributed by atoms with Crippen molar-refractivity contribution in [1.82, 2.24) is 34.8 Å². The third-order valence-corrected chi connectivity index (χ3v) is 15.6. The molecule has 0 atom stereocenters. The van der Waals surface area contributed by atoms with Gasteiger partial charge in [0.1, 0.15) is 16.8 Å². The van der Waals surface area contributed by atoms with E-state index < -0.39 is 5.97 Å². The Morgan fingerprint density at radius 2 is 1.01 bits per heavy atom. The largest absolute Gasteiger partial charge is 0.481 e. The highest BCUT2D eigenvalue weighted by Gasteiger charge is 2.19. The second kappa shape index (κ2) is 37.6. The smallest absolute Gasteiger partial charge is 0.300 e. The van der Waals surface area contributed by atoms with Gasteiger partial charge in [0.05, 0.1) is 0 Å². The van der Waals surface area contributed by atoms with Crippen molar-refractivity contribution in [3.63, 3.8) is 0 Å². The number of halogens is 2. The molecule has 0 bridgehead atoms. The number of nitrogens with zero attached hydrogens (tertiary/aromatic N) is 9. The molecule has 3 aromatic heterocycles. The van der Waals surface area contributed by atoms with Crippen LogP contribution >= 0.6 is 23.2 Å². The zero-order chi connectivity index (χ0) is 69.8. The van der Waals surface area contributed by atoms with E-state index in [0.717, 1.165) is 129 Å². The van der Waals surface area contributed by atoms with Gasteiger partial charge < -0.3 is 52.5 Å². The Bertz CT molecular complexity index is 3990. The summed E-state index contributed by atoms with van der Waals surface area (Å²) >= 11 is 11.0. The van der Waals surface area contributed by atoms with E-state index in [4.69, 9.17) is 48.8 Å². The lowest BCUT2D eigenvalue weighted by molar-refractivity contribution is -0.134. The van der Waals surface area contributed by atoms with E-state index in [1.54, 1.807) is 12.3 Å². The third-order valence-electron chi connectivity index (χ3n) is 15.0. The SMILES string of the molecule is CC(=O)O.CCN(C(C)C)C(C)C.CNc1ccccc1.Cc1cnc(Cl)nc1Cl.Cc1cnc(N(C)c2ccccc2)nc1Nc1ccc2c(c1)CCC(=O)N2.Cc1cnc(Nc2ccc3c(c2)CCC(=O)N3)nc1N(C)c1ccccc1.Nc1ccc2c(c1)CCC(=O)N2. The molecule has 0 unspecified atom stereocenters. The second-order valence-electron chi connectivity index (χ2n) is 23.0. The first kappa shape index (κ1) is 74.8. The summed E-state index contributed by atoms with van der Waals surface area (Å²) in [4.78, 5) is 75.1. The number of hydrogen-bond donors (Lipinski definition) is 8. The van der Waals surface area contributed by atoms with Crippen molar-refractivity contribution in [2.75, 3.05) is 75.1 Å². The van der Waals surface area contributed by atoms with Gasteiger partial charge in [-0.25, -0.2) is 19.9 Å². The van der Waals surface area contributed by atoms with Crippen molar-refractivity contribution in [1.29, 1.82) is 0 Å². The number of nitrogens with two attached hydrogens (primary N) is 1. The number of anilines is 13. The lowest BCUT2D eigenvalue weighted by atomic mass is 10.0. The Labute approximate surface area is 573 Å². The van der Waals surface area contributed by atoms with Gasteiger partial charge in [-0.1, -0.05) is 73.1 Å².